The van der Waals surface area contributed by atoms with Crippen LogP contribution in [-0.2, 0) is 16.4 Å². The van der Waals surface area contributed by atoms with Gasteiger partial charge in [0.1, 0.15) is 9.84 Å². The minimum absolute atomic E-state index is 0. The molecule has 1 saturated heterocycles. The zero-order valence-corrected chi connectivity index (χ0v) is 21.3. The Morgan fingerprint density at radius 3 is 2.29 bits per heavy atom. The number of sulfone groups is 1. The van der Waals surface area contributed by atoms with Crippen molar-refractivity contribution in [1.82, 2.24) is 9.88 Å². The number of hydrogen-bond donors (Lipinski definition) is 0. The number of piperidine rings is 1. The second-order valence-corrected chi connectivity index (χ2v) is 11.8. The monoisotopic (exact) mass is 532 g/mol. The molecule has 0 amide bonds. The van der Waals surface area contributed by atoms with Crippen molar-refractivity contribution in [2.24, 2.45) is 5.92 Å². The highest BCUT2D eigenvalue weighted by Gasteiger charge is 2.42. The molecule has 1 aliphatic heterocycles. The van der Waals surface area contributed by atoms with Crippen molar-refractivity contribution in [2.75, 3.05) is 31.7 Å². The highest BCUT2D eigenvalue weighted by molar-refractivity contribution is 7.90. The van der Waals surface area contributed by atoms with Gasteiger partial charge in [-0.2, -0.15) is 13.2 Å². The van der Waals surface area contributed by atoms with E-state index < -0.39 is 27.7 Å². The molecule has 2 aromatic rings. The van der Waals surface area contributed by atoms with Crippen LogP contribution in [0.5, 0.6) is 5.88 Å². The number of alkyl halides is 3. The summed E-state index contributed by atoms with van der Waals surface area (Å²) in [6.07, 6.45) is 0.621. The van der Waals surface area contributed by atoms with E-state index in [0.29, 0.717) is 24.3 Å². The van der Waals surface area contributed by atoms with Gasteiger partial charge in [0.25, 0.3) is 0 Å². The normalized spacial score (nSPS) is 18.6. The van der Waals surface area contributed by atoms with Crippen LogP contribution in [0.4, 0.5) is 13.2 Å². The van der Waals surface area contributed by atoms with E-state index in [1.54, 1.807) is 12.1 Å². The number of rotatable bonds is 9. The fourth-order valence-corrected chi connectivity index (χ4v) is 5.40. The van der Waals surface area contributed by atoms with Crippen LogP contribution in [0.2, 0.25) is 0 Å². The van der Waals surface area contributed by atoms with E-state index in [4.69, 9.17) is 9.72 Å². The predicted octanol–water partition coefficient (Wildman–Crippen LogP) is 5.36. The van der Waals surface area contributed by atoms with Crippen molar-refractivity contribution >= 4 is 22.2 Å². The summed E-state index contributed by atoms with van der Waals surface area (Å²) in [5, 5.41) is 0. The average Bonchev–Trinajstić information content (AvgIpc) is 3.61. The molecule has 0 N–H and O–H groups in total. The Morgan fingerprint density at radius 1 is 1.06 bits per heavy atom. The van der Waals surface area contributed by atoms with Crippen molar-refractivity contribution in [3.63, 3.8) is 0 Å². The van der Waals surface area contributed by atoms with Gasteiger partial charge in [-0.1, -0.05) is 30.3 Å². The number of halogens is 4. The second kappa shape index (κ2) is 11.5. The summed E-state index contributed by atoms with van der Waals surface area (Å²) in [5.74, 6) is -1.21. The molecule has 0 radical (unpaired) electrons. The van der Waals surface area contributed by atoms with Crippen LogP contribution in [0.1, 0.15) is 54.3 Å². The van der Waals surface area contributed by atoms with E-state index in [1.807, 2.05) is 12.1 Å². The molecule has 0 bridgehead atoms. The molecule has 0 unspecified atom stereocenters. The molecule has 194 valence electrons. The Bertz CT molecular complexity index is 1070. The predicted molar refractivity (Wildman–Crippen MR) is 132 cm³/mol. The van der Waals surface area contributed by atoms with Crippen LogP contribution >= 0.6 is 12.4 Å². The standard InChI is InChI=1S/C25H31F3N2O3S.ClH/c1-34(31,32)17-22(25(26,27)28)20-9-7-18(8-10-20)15-30-13-11-21(12-14-30)23-3-2-4-24(29-23)33-16-19-5-6-19;/h2-4,7-10,19,21-22H,5-6,11-17H2,1H3;1H/t22-;/m0./s1. The van der Waals surface area contributed by atoms with Crippen LogP contribution in [-0.4, -0.2) is 56.2 Å². The lowest BCUT2D eigenvalue weighted by Gasteiger charge is -2.32. The summed E-state index contributed by atoms with van der Waals surface area (Å²) < 4.78 is 69.0. The van der Waals surface area contributed by atoms with Crippen molar-refractivity contribution in [3.8, 4) is 5.88 Å². The summed E-state index contributed by atoms with van der Waals surface area (Å²) in [6, 6.07) is 12.1. The number of likely N-dealkylation sites (tertiary alicyclic amines) is 1. The quantitative estimate of drug-likeness (QED) is 0.435. The first-order valence-electron chi connectivity index (χ1n) is 11.7. The van der Waals surface area contributed by atoms with Gasteiger partial charge < -0.3 is 4.74 Å². The third-order valence-electron chi connectivity index (χ3n) is 6.57. The van der Waals surface area contributed by atoms with Crippen molar-refractivity contribution in [3.05, 3.63) is 59.3 Å². The lowest BCUT2D eigenvalue weighted by Crippen LogP contribution is -2.32. The maximum Gasteiger partial charge on any atom is 0.396 e. The molecule has 0 spiro atoms. The molecule has 2 fully saturated rings. The summed E-state index contributed by atoms with van der Waals surface area (Å²) in [7, 11) is -3.76. The zero-order chi connectivity index (χ0) is 24.3. The third-order valence-corrected chi connectivity index (χ3v) is 7.51. The summed E-state index contributed by atoms with van der Waals surface area (Å²) in [5.41, 5.74) is 1.95. The van der Waals surface area contributed by atoms with Gasteiger partial charge in [-0.15, -0.1) is 12.4 Å². The molecular weight excluding hydrogens is 501 g/mol. The maximum atomic E-state index is 13.4. The fourth-order valence-electron chi connectivity index (χ4n) is 4.41. The lowest BCUT2D eigenvalue weighted by atomic mass is 9.92. The van der Waals surface area contributed by atoms with Gasteiger partial charge in [0, 0.05) is 30.5 Å². The minimum atomic E-state index is -4.61. The largest absolute Gasteiger partial charge is 0.477 e. The third kappa shape index (κ3) is 8.36. The molecule has 4 rings (SSSR count). The number of benzene rings is 1. The van der Waals surface area contributed by atoms with Crippen LogP contribution < -0.4 is 4.74 Å². The Morgan fingerprint density at radius 2 is 1.71 bits per heavy atom. The molecule has 1 aromatic carbocycles. The number of aromatic nitrogens is 1. The van der Waals surface area contributed by atoms with Crippen LogP contribution in [0.25, 0.3) is 0 Å². The molecule has 35 heavy (non-hydrogen) atoms. The van der Waals surface area contributed by atoms with E-state index in [1.165, 1.54) is 25.0 Å². The molecule has 5 nitrogen and oxygen atoms in total. The molecule has 10 heteroatoms. The number of nitrogens with zero attached hydrogens (tertiary/aromatic N) is 2. The van der Waals surface area contributed by atoms with Crippen LogP contribution in [0.15, 0.2) is 42.5 Å². The minimum Gasteiger partial charge on any atom is -0.477 e. The molecule has 1 aliphatic carbocycles. The maximum absolute atomic E-state index is 13.4. The molecule has 1 atom stereocenters. The lowest BCUT2D eigenvalue weighted by molar-refractivity contribution is -0.145. The highest BCUT2D eigenvalue weighted by atomic mass is 35.5. The van der Waals surface area contributed by atoms with E-state index in [9.17, 15) is 21.6 Å². The van der Waals surface area contributed by atoms with Gasteiger partial charge in [-0.25, -0.2) is 13.4 Å². The fraction of sp³-hybridized carbons (Fsp3) is 0.560. The van der Waals surface area contributed by atoms with E-state index in [2.05, 4.69) is 11.0 Å². The highest BCUT2D eigenvalue weighted by Crippen LogP contribution is 2.36. The average molecular weight is 533 g/mol. The summed E-state index contributed by atoms with van der Waals surface area (Å²) >= 11 is 0. The number of pyridine rings is 1. The molecule has 1 saturated carbocycles. The number of ether oxygens (including phenoxy) is 1. The van der Waals surface area contributed by atoms with E-state index in [-0.39, 0.29) is 18.0 Å². The molecule has 2 heterocycles. The first kappa shape index (κ1) is 27.7. The zero-order valence-electron chi connectivity index (χ0n) is 19.7. The molecule has 2 aliphatic rings. The van der Waals surface area contributed by atoms with Gasteiger partial charge in [0.15, 0.2) is 0 Å². The Labute approximate surface area is 211 Å². The first-order valence-corrected chi connectivity index (χ1v) is 13.8. The second-order valence-electron chi connectivity index (χ2n) is 9.63. The van der Waals surface area contributed by atoms with Crippen molar-refractivity contribution < 1.29 is 26.3 Å². The Hall–Kier alpha value is -1.84. The van der Waals surface area contributed by atoms with Gasteiger partial charge in [-0.3, -0.25) is 4.90 Å². The Kier molecular flexibility index (Phi) is 9.10. The Balaban J connectivity index is 0.00000342. The number of hydrogen-bond acceptors (Lipinski definition) is 5. The van der Waals surface area contributed by atoms with E-state index in [0.717, 1.165) is 50.1 Å². The summed E-state index contributed by atoms with van der Waals surface area (Å²) in [4.78, 5) is 6.99. The summed E-state index contributed by atoms with van der Waals surface area (Å²) in [6.45, 7) is 3.14. The van der Waals surface area contributed by atoms with Crippen LogP contribution in [0.3, 0.4) is 0 Å². The van der Waals surface area contributed by atoms with Gasteiger partial charge in [0.2, 0.25) is 5.88 Å². The van der Waals surface area contributed by atoms with Crippen molar-refractivity contribution in [2.45, 2.75) is 50.2 Å². The van der Waals surface area contributed by atoms with Gasteiger partial charge in [-0.05, 0) is 61.9 Å². The topological polar surface area (TPSA) is 59.5 Å². The SMILES string of the molecule is CS(=O)(=O)C[C@@H](c1ccc(CN2CCC(c3cccc(OCC4CC4)n3)CC2)cc1)C(F)(F)F.Cl. The van der Waals surface area contributed by atoms with Gasteiger partial charge >= 0.3 is 6.18 Å². The van der Waals surface area contributed by atoms with E-state index >= 15 is 0 Å². The van der Waals surface area contributed by atoms with Crippen molar-refractivity contribution in [1.29, 1.82) is 0 Å². The first-order chi connectivity index (χ1) is 16.1. The van der Waals surface area contributed by atoms with Crippen LogP contribution in [0, 0.1) is 5.92 Å². The van der Waals surface area contributed by atoms with Gasteiger partial charge in [0.05, 0.1) is 18.3 Å². The smallest absolute Gasteiger partial charge is 0.396 e. The molecule has 1 aromatic heterocycles. The molecular formula is C25H32ClF3N2O3S.